The van der Waals surface area contributed by atoms with E-state index >= 15 is 0 Å². The minimum Gasteiger partial charge on any atom is -0.457 e. The van der Waals surface area contributed by atoms with Gasteiger partial charge in [-0.05, 0) is 31.2 Å². The van der Waals surface area contributed by atoms with Crippen LogP contribution in [0.4, 0.5) is 5.69 Å². The van der Waals surface area contributed by atoms with Gasteiger partial charge in [-0.15, -0.1) is 0 Å². The van der Waals surface area contributed by atoms with E-state index in [1.54, 1.807) is 24.3 Å². The van der Waals surface area contributed by atoms with Crippen LogP contribution in [0.15, 0.2) is 41.0 Å². The summed E-state index contributed by atoms with van der Waals surface area (Å²) in [5.41, 5.74) is 0.523. The summed E-state index contributed by atoms with van der Waals surface area (Å²) in [6.45, 7) is 1.63. The SMILES string of the molecule is C[C@H](OC(=O)c1ccco1)C(=O)Nc1ccc2c(c1)OCO2. The second-order valence-corrected chi connectivity index (χ2v) is 4.58. The van der Waals surface area contributed by atoms with E-state index in [0.29, 0.717) is 17.2 Å². The molecule has 1 N–H and O–H groups in total. The molecule has 0 fully saturated rings. The number of hydrogen-bond donors (Lipinski definition) is 1. The number of carbonyl (C=O) groups excluding carboxylic acids is 2. The lowest BCUT2D eigenvalue weighted by Gasteiger charge is -2.13. The number of anilines is 1. The molecule has 0 saturated carbocycles. The van der Waals surface area contributed by atoms with Gasteiger partial charge >= 0.3 is 5.97 Å². The van der Waals surface area contributed by atoms with Crippen LogP contribution in [-0.4, -0.2) is 24.8 Å². The van der Waals surface area contributed by atoms with Gasteiger partial charge < -0.3 is 23.9 Å². The second kappa shape index (κ2) is 5.80. The number of amides is 1. The maximum atomic E-state index is 12.0. The van der Waals surface area contributed by atoms with Gasteiger partial charge in [0.05, 0.1) is 6.26 Å². The third kappa shape index (κ3) is 2.88. The fraction of sp³-hybridized carbons (Fsp3) is 0.200. The minimum absolute atomic E-state index is 0.0442. The van der Waals surface area contributed by atoms with Crippen LogP contribution in [0.3, 0.4) is 0 Å². The molecule has 2 heterocycles. The summed E-state index contributed by atoms with van der Waals surface area (Å²) in [5, 5.41) is 2.64. The number of ether oxygens (including phenoxy) is 3. The number of fused-ring (bicyclic) bond motifs is 1. The van der Waals surface area contributed by atoms with Crippen LogP contribution in [0.25, 0.3) is 0 Å². The lowest BCUT2D eigenvalue weighted by Crippen LogP contribution is -2.29. The van der Waals surface area contributed by atoms with E-state index in [-0.39, 0.29) is 12.6 Å². The van der Waals surface area contributed by atoms with Gasteiger partial charge in [0.25, 0.3) is 5.91 Å². The van der Waals surface area contributed by atoms with Crippen LogP contribution in [0.1, 0.15) is 17.5 Å². The molecule has 0 unspecified atom stereocenters. The lowest BCUT2D eigenvalue weighted by atomic mass is 10.2. The zero-order chi connectivity index (χ0) is 15.5. The van der Waals surface area contributed by atoms with E-state index in [1.165, 1.54) is 19.3 Å². The van der Waals surface area contributed by atoms with Crippen molar-refractivity contribution < 1.29 is 28.2 Å². The van der Waals surface area contributed by atoms with Gasteiger partial charge in [0.2, 0.25) is 12.6 Å². The molecule has 1 aliphatic heterocycles. The minimum atomic E-state index is -0.969. The number of nitrogens with one attached hydrogen (secondary N) is 1. The van der Waals surface area contributed by atoms with Crippen molar-refractivity contribution in [1.82, 2.24) is 0 Å². The van der Waals surface area contributed by atoms with Crippen molar-refractivity contribution in [2.24, 2.45) is 0 Å². The molecule has 114 valence electrons. The summed E-state index contributed by atoms with van der Waals surface area (Å²) < 4.78 is 20.3. The first-order valence-corrected chi connectivity index (χ1v) is 6.58. The molecule has 0 saturated heterocycles. The van der Waals surface area contributed by atoms with Crippen LogP contribution in [-0.2, 0) is 9.53 Å². The quantitative estimate of drug-likeness (QED) is 0.871. The third-order valence-corrected chi connectivity index (χ3v) is 3.02. The van der Waals surface area contributed by atoms with Crippen LogP contribution in [0.2, 0.25) is 0 Å². The zero-order valence-corrected chi connectivity index (χ0v) is 11.7. The Morgan fingerprint density at radius 1 is 1.23 bits per heavy atom. The first kappa shape index (κ1) is 14.0. The number of furan rings is 1. The summed E-state index contributed by atoms with van der Waals surface area (Å²) in [5.74, 6) is 0.0631. The van der Waals surface area contributed by atoms with E-state index in [1.807, 2.05) is 0 Å². The largest absolute Gasteiger partial charge is 0.457 e. The van der Waals surface area contributed by atoms with Gasteiger partial charge in [-0.2, -0.15) is 0 Å². The smallest absolute Gasteiger partial charge is 0.374 e. The van der Waals surface area contributed by atoms with Crippen LogP contribution in [0, 0.1) is 0 Å². The van der Waals surface area contributed by atoms with E-state index in [4.69, 9.17) is 18.6 Å². The second-order valence-electron chi connectivity index (χ2n) is 4.58. The fourth-order valence-corrected chi connectivity index (χ4v) is 1.89. The maximum absolute atomic E-state index is 12.0. The Labute approximate surface area is 125 Å². The predicted octanol–water partition coefficient (Wildman–Crippen LogP) is 2.19. The van der Waals surface area contributed by atoms with E-state index in [2.05, 4.69) is 5.32 Å². The van der Waals surface area contributed by atoms with E-state index < -0.39 is 18.0 Å². The Bertz CT molecular complexity index is 694. The maximum Gasteiger partial charge on any atom is 0.374 e. The number of rotatable bonds is 4. The Balaban J connectivity index is 1.60. The monoisotopic (exact) mass is 303 g/mol. The summed E-state index contributed by atoms with van der Waals surface area (Å²) in [6.07, 6.45) is 0.386. The summed E-state index contributed by atoms with van der Waals surface area (Å²) in [6, 6.07) is 8.03. The number of carbonyl (C=O) groups is 2. The third-order valence-electron chi connectivity index (χ3n) is 3.02. The van der Waals surface area contributed by atoms with E-state index in [0.717, 1.165) is 0 Å². The molecule has 0 radical (unpaired) electrons. The first-order valence-electron chi connectivity index (χ1n) is 6.58. The Morgan fingerprint density at radius 3 is 2.82 bits per heavy atom. The molecule has 3 rings (SSSR count). The molecule has 0 aliphatic carbocycles. The Morgan fingerprint density at radius 2 is 2.05 bits per heavy atom. The Kier molecular flexibility index (Phi) is 3.69. The van der Waals surface area contributed by atoms with Gasteiger partial charge in [0, 0.05) is 11.8 Å². The zero-order valence-electron chi connectivity index (χ0n) is 11.7. The predicted molar refractivity (Wildman–Crippen MR) is 74.8 cm³/mol. The standard InChI is InChI=1S/C15H13NO6/c1-9(22-15(18)12-3-2-6-19-12)14(17)16-10-4-5-11-13(7-10)21-8-20-11/h2-7,9H,8H2,1H3,(H,16,17)/t9-/m0/s1. The van der Waals surface area contributed by atoms with Crippen LogP contribution in [0.5, 0.6) is 11.5 Å². The number of esters is 1. The molecule has 0 bridgehead atoms. The molecule has 1 aliphatic rings. The summed E-state index contributed by atoms with van der Waals surface area (Å²) in [4.78, 5) is 23.7. The molecular weight excluding hydrogens is 290 g/mol. The highest BCUT2D eigenvalue weighted by Crippen LogP contribution is 2.34. The van der Waals surface area contributed by atoms with Crippen molar-refractivity contribution in [3.63, 3.8) is 0 Å². The highest BCUT2D eigenvalue weighted by atomic mass is 16.7. The normalized spacial score (nSPS) is 13.5. The highest BCUT2D eigenvalue weighted by molar-refractivity contribution is 5.96. The van der Waals surface area contributed by atoms with Crippen molar-refractivity contribution in [2.75, 3.05) is 12.1 Å². The fourth-order valence-electron chi connectivity index (χ4n) is 1.89. The average Bonchev–Trinajstić information content (AvgIpc) is 3.18. The van der Waals surface area contributed by atoms with Crippen LogP contribution >= 0.6 is 0 Å². The summed E-state index contributed by atoms with van der Waals surface area (Å²) in [7, 11) is 0. The van der Waals surface area contributed by atoms with E-state index in [9.17, 15) is 9.59 Å². The molecule has 1 aromatic carbocycles. The Hall–Kier alpha value is -2.96. The van der Waals surface area contributed by atoms with Crippen molar-refractivity contribution in [2.45, 2.75) is 13.0 Å². The molecule has 0 spiro atoms. The van der Waals surface area contributed by atoms with Crippen molar-refractivity contribution >= 4 is 17.6 Å². The molecule has 22 heavy (non-hydrogen) atoms. The molecule has 7 heteroatoms. The molecule has 7 nitrogen and oxygen atoms in total. The molecule has 2 aromatic rings. The molecule has 1 atom stereocenters. The van der Waals surface area contributed by atoms with Gasteiger partial charge in [0.15, 0.2) is 17.6 Å². The molecule has 1 amide bonds. The molecular formula is C15H13NO6. The van der Waals surface area contributed by atoms with Gasteiger partial charge in [-0.25, -0.2) is 4.79 Å². The average molecular weight is 303 g/mol. The summed E-state index contributed by atoms with van der Waals surface area (Å²) >= 11 is 0. The van der Waals surface area contributed by atoms with Gasteiger partial charge in [-0.3, -0.25) is 4.79 Å². The topological polar surface area (TPSA) is 87.0 Å². The number of benzene rings is 1. The first-order chi connectivity index (χ1) is 10.6. The molecule has 1 aromatic heterocycles. The van der Waals surface area contributed by atoms with Crippen molar-refractivity contribution in [1.29, 1.82) is 0 Å². The number of hydrogen-bond acceptors (Lipinski definition) is 6. The van der Waals surface area contributed by atoms with Gasteiger partial charge in [0.1, 0.15) is 0 Å². The van der Waals surface area contributed by atoms with Crippen molar-refractivity contribution in [3.8, 4) is 11.5 Å². The highest BCUT2D eigenvalue weighted by Gasteiger charge is 2.21. The van der Waals surface area contributed by atoms with Crippen molar-refractivity contribution in [3.05, 3.63) is 42.4 Å². The van der Waals surface area contributed by atoms with Gasteiger partial charge in [-0.1, -0.05) is 0 Å². The lowest BCUT2D eigenvalue weighted by molar-refractivity contribution is -0.123. The van der Waals surface area contributed by atoms with Crippen LogP contribution < -0.4 is 14.8 Å².